The Bertz CT molecular complexity index is 805. The van der Waals surface area contributed by atoms with Crippen molar-refractivity contribution in [2.24, 2.45) is 14.1 Å². The Labute approximate surface area is 149 Å². The molecule has 0 atom stereocenters. The summed E-state index contributed by atoms with van der Waals surface area (Å²) in [4.78, 5) is 28.5. The second kappa shape index (κ2) is 8.99. The predicted octanol–water partition coefficient (Wildman–Crippen LogP) is 1.80. The van der Waals surface area contributed by atoms with Crippen LogP contribution in [0.5, 0.6) is 0 Å². The van der Waals surface area contributed by atoms with Gasteiger partial charge in [-0.2, -0.15) is 0 Å². The smallest absolute Gasteiger partial charge is 0.322 e. The van der Waals surface area contributed by atoms with Gasteiger partial charge in [-0.25, -0.2) is 9.78 Å². The van der Waals surface area contributed by atoms with E-state index in [0.29, 0.717) is 23.2 Å². The van der Waals surface area contributed by atoms with Crippen LogP contribution in [0.3, 0.4) is 0 Å². The Morgan fingerprint density at radius 1 is 1.00 bits per heavy atom. The number of hydrogen-bond donors (Lipinski definition) is 1. The minimum Gasteiger partial charge on any atom is -0.322 e. The third-order valence-corrected chi connectivity index (χ3v) is 3.86. The monoisotopic (exact) mass is 351 g/mol. The molecule has 7 heteroatoms. The van der Waals surface area contributed by atoms with Gasteiger partial charge in [-0.1, -0.05) is 41.5 Å². The summed E-state index contributed by atoms with van der Waals surface area (Å²) >= 11 is 0. The second-order valence-corrected chi connectivity index (χ2v) is 6.89. The topological polar surface area (TPSA) is 73.8 Å². The van der Waals surface area contributed by atoms with Crippen LogP contribution >= 0.6 is 0 Å². The van der Waals surface area contributed by atoms with Crippen LogP contribution in [0.4, 0.5) is 0 Å². The molecule has 0 amide bonds. The molecule has 2 aromatic heterocycles. The quantitative estimate of drug-likeness (QED) is 0.891. The lowest BCUT2D eigenvalue weighted by Crippen LogP contribution is -2.37. The standard InChI is InChI=1S/C12H18N4O2.C6H15N/c1-5-7-16-8(6-2)13-10-9(16)11(17)15(4)12(18)14(10)3;1-5(2)7-6(3)4/h5-7H2,1-4H3;5-7H,1-4H3. The van der Waals surface area contributed by atoms with Gasteiger partial charge in [0.1, 0.15) is 5.82 Å². The van der Waals surface area contributed by atoms with E-state index in [1.807, 2.05) is 11.5 Å². The van der Waals surface area contributed by atoms with Crippen LogP contribution in [0, 0.1) is 0 Å². The first-order valence-corrected chi connectivity index (χ1v) is 9.06. The molecule has 0 radical (unpaired) electrons. The largest absolute Gasteiger partial charge is 0.332 e. The van der Waals surface area contributed by atoms with Gasteiger partial charge in [0.05, 0.1) is 0 Å². The third-order valence-electron chi connectivity index (χ3n) is 3.86. The maximum atomic E-state index is 12.2. The van der Waals surface area contributed by atoms with E-state index in [1.54, 1.807) is 7.05 Å². The highest BCUT2D eigenvalue weighted by Crippen LogP contribution is 2.12. The number of rotatable bonds is 5. The maximum absolute atomic E-state index is 12.2. The molecule has 0 aliphatic rings. The van der Waals surface area contributed by atoms with E-state index in [0.717, 1.165) is 29.8 Å². The molecular weight excluding hydrogens is 318 g/mol. The lowest BCUT2D eigenvalue weighted by atomic mass is 10.3. The number of aromatic nitrogens is 4. The summed E-state index contributed by atoms with van der Waals surface area (Å²) in [7, 11) is 3.14. The number of aryl methyl sites for hydroxylation is 3. The van der Waals surface area contributed by atoms with Crippen LogP contribution in [-0.4, -0.2) is 30.8 Å². The fraction of sp³-hybridized carbons (Fsp3) is 0.722. The number of imidazole rings is 1. The van der Waals surface area contributed by atoms with E-state index in [1.165, 1.54) is 11.6 Å². The van der Waals surface area contributed by atoms with Crippen molar-refractivity contribution in [2.75, 3.05) is 0 Å². The van der Waals surface area contributed by atoms with Gasteiger partial charge in [-0.05, 0) is 6.42 Å². The second-order valence-electron chi connectivity index (χ2n) is 6.89. The van der Waals surface area contributed by atoms with Gasteiger partial charge < -0.3 is 9.88 Å². The van der Waals surface area contributed by atoms with Crippen LogP contribution in [-0.2, 0) is 27.1 Å². The first kappa shape index (κ1) is 21.2. The Kier molecular flexibility index (Phi) is 7.60. The molecule has 0 aliphatic carbocycles. The fourth-order valence-electron chi connectivity index (χ4n) is 2.89. The van der Waals surface area contributed by atoms with E-state index in [-0.39, 0.29) is 11.2 Å². The molecule has 0 aliphatic heterocycles. The Morgan fingerprint density at radius 2 is 1.56 bits per heavy atom. The lowest BCUT2D eigenvalue weighted by Gasteiger charge is -2.10. The molecule has 25 heavy (non-hydrogen) atoms. The Balaban J connectivity index is 0.000000381. The molecule has 2 heterocycles. The molecule has 0 bridgehead atoms. The van der Waals surface area contributed by atoms with Crippen molar-refractivity contribution in [1.82, 2.24) is 24.0 Å². The molecule has 0 spiro atoms. The number of hydrogen-bond acceptors (Lipinski definition) is 4. The summed E-state index contributed by atoms with van der Waals surface area (Å²) in [5.74, 6) is 0.852. The van der Waals surface area contributed by atoms with Crippen LogP contribution in [0.2, 0.25) is 0 Å². The van der Waals surface area contributed by atoms with Crippen molar-refractivity contribution in [3.05, 3.63) is 26.7 Å². The summed E-state index contributed by atoms with van der Waals surface area (Å²) in [5, 5.41) is 3.31. The Hall–Kier alpha value is -1.89. The van der Waals surface area contributed by atoms with Crippen molar-refractivity contribution in [1.29, 1.82) is 0 Å². The average molecular weight is 351 g/mol. The third kappa shape index (κ3) is 4.81. The highest BCUT2D eigenvalue weighted by atomic mass is 16.2. The van der Waals surface area contributed by atoms with Crippen molar-refractivity contribution in [3.8, 4) is 0 Å². The molecule has 1 N–H and O–H groups in total. The summed E-state index contributed by atoms with van der Waals surface area (Å²) in [5.41, 5.74) is 0.400. The van der Waals surface area contributed by atoms with Gasteiger partial charge in [0.15, 0.2) is 11.2 Å². The molecule has 0 saturated heterocycles. The number of nitrogens with zero attached hydrogens (tertiary/aromatic N) is 4. The van der Waals surface area contributed by atoms with Crippen molar-refractivity contribution >= 4 is 11.2 Å². The van der Waals surface area contributed by atoms with Gasteiger partial charge in [0.25, 0.3) is 5.56 Å². The van der Waals surface area contributed by atoms with Gasteiger partial charge in [0, 0.05) is 39.1 Å². The average Bonchev–Trinajstić information content (AvgIpc) is 2.89. The van der Waals surface area contributed by atoms with Crippen molar-refractivity contribution < 1.29 is 0 Å². The molecule has 0 saturated carbocycles. The zero-order valence-electron chi connectivity index (χ0n) is 16.9. The van der Waals surface area contributed by atoms with Gasteiger partial charge >= 0.3 is 5.69 Å². The van der Waals surface area contributed by atoms with E-state index >= 15 is 0 Å². The predicted molar refractivity (Wildman–Crippen MR) is 103 cm³/mol. The minimum absolute atomic E-state index is 0.270. The molecule has 0 unspecified atom stereocenters. The van der Waals surface area contributed by atoms with E-state index in [2.05, 4.69) is 44.9 Å². The van der Waals surface area contributed by atoms with E-state index in [9.17, 15) is 9.59 Å². The molecule has 7 nitrogen and oxygen atoms in total. The van der Waals surface area contributed by atoms with Gasteiger partial charge in [-0.3, -0.25) is 13.9 Å². The SMILES string of the molecule is CC(C)NC(C)C.CCCn1c(CC)nc2c1c(=O)n(C)c(=O)n2C. The maximum Gasteiger partial charge on any atom is 0.332 e. The first-order chi connectivity index (χ1) is 11.6. The molecular formula is C18H33N5O2. The van der Waals surface area contributed by atoms with Gasteiger partial charge in [0.2, 0.25) is 0 Å². The van der Waals surface area contributed by atoms with Crippen LogP contribution in [0.15, 0.2) is 9.59 Å². The summed E-state index contributed by atoms with van der Waals surface area (Å²) in [6, 6.07) is 1.25. The van der Waals surface area contributed by atoms with Crippen LogP contribution in [0.1, 0.15) is 53.8 Å². The van der Waals surface area contributed by atoms with E-state index < -0.39 is 0 Å². The summed E-state index contributed by atoms with van der Waals surface area (Å²) in [6.45, 7) is 13.4. The lowest BCUT2D eigenvalue weighted by molar-refractivity contribution is 0.518. The minimum atomic E-state index is -0.337. The molecule has 2 aromatic rings. The van der Waals surface area contributed by atoms with Gasteiger partial charge in [-0.15, -0.1) is 0 Å². The zero-order valence-corrected chi connectivity index (χ0v) is 16.9. The summed E-state index contributed by atoms with van der Waals surface area (Å²) < 4.78 is 4.49. The van der Waals surface area contributed by atoms with Crippen molar-refractivity contribution in [2.45, 2.75) is 73.0 Å². The summed E-state index contributed by atoms with van der Waals surface area (Å²) in [6.07, 6.45) is 1.66. The molecule has 0 aromatic carbocycles. The zero-order chi connectivity index (χ0) is 19.3. The fourth-order valence-corrected chi connectivity index (χ4v) is 2.89. The van der Waals surface area contributed by atoms with Crippen LogP contribution < -0.4 is 16.6 Å². The van der Waals surface area contributed by atoms with E-state index in [4.69, 9.17) is 0 Å². The molecule has 142 valence electrons. The normalized spacial score (nSPS) is 11.3. The number of nitrogens with one attached hydrogen (secondary N) is 1. The highest BCUT2D eigenvalue weighted by Gasteiger charge is 2.17. The first-order valence-electron chi connectivity index (χ1n) is 9.06. The molecule has 0 fully saturated rings. The van der Waals surface area contributed by atoms with Crippen molar-refractivity contribution in [3.63, 3.8) is 0 Å². The molecule has 2 rings (SSSR count). The highest BCUT2D eigenvalue weighted by molar-refractivity contribution is 5.71. The van der Waals surface area contributed by atoms with Crippen LogP contribution in [0.25, 0.3) is 11.2 Å². The Morgan fingerprint density at radius 3 is 1.96 bits per heavy atom. The number of fused-ring (bicyclic) bond motifs is 1.